The first-order valence-corrected chi connectivity index (χ1v) is 6.14. The molecular weight excluding hydrogens is 206 g/mol. The number of rotatable bonds is 0. The van der Waals surface area contributed by atoms with Crippen LogP contribution >= 0.6 is 0 Å². The van der Waals surface area contributed by atoms with Crippen molar-refractivity contribution in [3.63, 3.8) is 0 Å². The van der Waals surface area contributed by atoms with Gasteiger partial charge in [-0.2, -0.15) is 0 Å². The van der Waals surface area contributed by atoms with Gasteiger partial charge in [0.15, 0.2) is 0 Å². The van der Waals surface area contributed by atoms with E-state index in [1.165, 1.54) is 39.1 Å². The predicted octanol–water partition coefficient (Wildman–Crippen LogP) is 3.89. The van der Waals surface area contributed by atoms with Gasteiger partial charge in [-0.1, -0.05) is 12.1 Å². The van der Waals surface area contributed by atoms with E-state index in [1.54, 1.807) is 0 Å². The summed E-state index contributed by atoms with van der Waals surface area (Å²) >= 11 is 0. The molecule has 0 fully saturated rings. The number of benzene rings is 1. The van der Waals surface area contributed by atoms with Gasteiger partial charge in [0, 0.05) is 17.7 Å². The fourth-order valence-electron chi connectivity index (χ4n) is 2.93. The summed E-state index contributed by atoms with van der Waals surface area (Å²) < 4.78 is 0. The van der Waals surface area contributed by atoms with Crippen LogP contribution in [0.3, 0.4) is 0 Å². The van der Waals surface area contributed by atoms with Gasteiger partial charge < -0.3 is 0 Å². The minimum absolute atomic E-state index is 0.994. The first-order valence-electron chi connectivity index (χ1n) is 6.14. The fraction of sp³-hybridized carbons (Fsp3) is 0.312. The van der Waals surface area contributed by atoms with Crippen LogP contribution in [0.2, 0.25) is 0 Å². The lowest BCUT2D eigenvalue weighted by molar-refractivity contribution is 1.06. The quantitative estimate of drug-likeness (QED) is 0.563. The monoisotopic (exact) mass is 223 g/mol. The second-order valence-corrected chi connectivity index (χ2v) is 5.12. The standard InChI is InChI=1S/C16H17N/c1-9-5-6-13-8-14-15(16(13)12(9)4)10(2)7-11(3)17-14/h5-7H,8H2,1-4H3. The van der Waals surface area contributed by atoms with Crippen LogP contribution in [0.25, 0.3) is 11.1 Å². The van der Waals surface area contributed by atoms with Gasteiger partial charge in [0.25, 0.3) is 0 Å². The van der Waals surface area contributed by atoms with Crippen molar-refractivity contribution in [3.8, 4) is 11.1 Å². The van der Waals surface area contributed by atoms with Crippen molar-refractivity contribution in [1.82, 2.24) is 4.98 Å². The SMILES string of the molecule is Cc1cc(C)c2c(n1)Cc1ccc(C)c(C)c1-2. The average molecular weight is 223 g/mol. The lowest BCUT2D eigenvalue weighted by Gasteiger charge is -2.11. The Balaban J connectivity index is 2.37. The summed E-state index contributed by atoms with van der Waals surface area (Å²) in [5.41, 5.74) is 10.8. The zero-order chi connectivity index (χ0) is 12.2. The van der Waals surface area contributed by atoms with Crippen LogP contribution in [0.4, 0.5) is 0 Å². The van der Waals surface area contributed by atoms with E-state index in [0.717, 1.165) is 12.1 Å². The van der Waals surface area contributed by atoms with Gasteiger partial charge in [0.2, 0.25) is 0 Å². The van der Waals surface area contributed by atoms with Crippen LogP contribution in [0.1, 0.15) is 33.6 Å². The van der Waals surface area contributed by atoms with E-state index in [4.69, 9.17) is 4.98 Å². The van der Waals surface area contributed by atoms with Gasteiger partial charge in [-0.3, -0.25) is 4.98 Å². The maximum absolute atomic E-state index is 4.70. The number of nitrogens with zero attached hydrogens (tertiary/aromatic N) is 1. The van der Waals surface area contributed by atoms with E-state index >= 15 is 0 Å². The Morgan fingerprint density at radius 1 is 0.941 bits per heavy atom. The largest absolute Gasteiger partial charge is 0.257 e. The molecule has 0 amide bonds. The molecule has 0 unspecified atom stereocenters. The van der Waals surface area contributed by atoms with E-state index in [2.05, 4.69) is 45.9 Å². The molecule has 0 radical (unpaired) electrons. The van der Waals surface area contributed by atoms with E-state index in [1.807, 2.05) is 0 Å². The minimum atomic E-state index is 0.994. The van der Waals surface area contributed by atoms with Gasteiger partial charge in [-0.15, -0.1) is 0 Å². The Bertz CT molecular complexity index is 624. The lowest BCUT2D eigenvalue weighted by Crippen LogP contribution is -1.93. The summed E-state index contributed by atoms with van der Waals surface area (Å²) in [6, 6.07) is 6.67. The van der Waals surface area contributed by atoms with E-state index in [9.17, 15) is 0 Å². The normalized spacial score (nSPS) is 12.5. The molecule has 1 heterocycles. The van der Waals surface area contributed by atoms with Gasteiger partial charge in [0.05, 0.1) is 5.69 Å². The second-order valence-electron chi connectivity index (χ2n) is 5.12. The molecule has 0 atom stereocenters. The Labute approximate surface area is 103 Å². The van der Waals surface area contributed by atoms with Crippen molar-refractivity contribution in [2.45, 2.75) is 34.1 Å². The maximum Gasteiger partial charge on any atom is 0.0531 e. The molecule has 1 aliphatic rings. The molecule has 1 nitrogen and oxygen atoms in total. The Morgan fingerprint density at radius 3 is 2.47 bits per heavy atom. The third-order valence-corrected chi connectivity index (χ3v) is 3.85. The summed E-state index contributed by atoms with van der Waals surface area (Å²) in [5.74, 6) is 0. The van der Waals surface area contributed by atoms with Crippen LogP contribution in [0.15, 0.2) is 18.2 Å². The highest BCUT2D eigenvalue weighted by molar-refractivity contribution is 5.81. The molecule has 86 valence electrons. The van der Waals surface area contributed by atoms with Crippen LogP contribution in [0, 0.1) is 27.7 Å². The van der Waals surface area contributed by atoms with Crippen molar-refractivity contribution in [1.29, 1.82) is 0 Å². The Hall–Kier alpha value is -1.63. The van der Waals surface area contributed by atoms with Gasteiger partial charge in [-0.25, -0.2) is 0 Å². The summed E-state index contributed by atoms with van der Waals surface area (Å²) in [7, 11) is 0. The number of aryl methyl sites for hydroxylation is 3. The van der Waals surface area contributed by atoms with Crippen LogP contribution in [0.5, 0.6) is 0 Å². The summed E-state index contributed by atoms with van der Waals surface area (Å²) in [4.78, 5) is 4.70. The molecule has 1 aromatic heterocycles. The third kappa shape index (κ3) is 1.42. The van der Waals surface area contributed by atoms with Crippen molar-refractivity contribution in [2.75, 3.05) is 0 Å². The first-order chi connectivity index (χ1) is 8.08. The molecule has 17 heavy (non-hydrogen) atoms. The number of aromatic nitrogens is 1. The lowest BCUT2D eigenvalue weighted by atomic mass is 9.95. The zero-order valence-electron chi connectivity index (χ0n) is 10.9. The highest BCUT2D eigenvalue weighted by Gasteiger charge is 2.23. The molecule has 0 saturated heterocycles. The number of fused-ring (bicyclic) bond motifs is 3. The Kier molecular flexibility index (Phi) is 2.12. The highest BCUT2D eigenvalue weighted by Crippen LogP contribution is 2.40. The molecule has 3 rings (SSSR count). The topological polar surface area (TPSA) is 12.9 Å². The zero-order valence-corrected chi connectivity index (χ0v) is 10.9. The molecule has 1 aliphatic carbocycles. The molecular formula is C16H17N. The van der Waals surface area contributed by atoms with Gasteiger partial charge in [0.1, 0.15) is 0 Å². The van der Waals surface area contributed by atoms with Crippen molar-refractivity contribution in [3.05, 3.63) is 51.8 Å². The molecule has 0 bridgehead atoms. The van der Waals surface area contributed by atoms with Crippen LogP contribution < -0.4 is 0 Å². The number of pyridine rings is 1. The molecule has 0 aliphatic heterocycles. The number of hydrogen-bond acceptors (Lipinski definition) is 1. The fourth-order valence-corrected chi connectivity index (χ4v) is 2.93. The number of hydrogen-bond donors (Lipinski definition) is 0. The van der Waals surface area contributed by atoms with E-state index < -0.39 is 0 Å². The second kappa shape index (κ2) is 3.43. The predicted molar refractivity (Wildman–Crippen MR) is 71.4 cm³/mol. The first kappa shape index (κ1) is 10.5. The van der Waals surface area contributed by atoms with Gasteiger partial charge >= 0.3 is 0 Å². The van der Waals surface area contributed by atoms with Crippen molar-refractivity contribution < 1.29 is 0 Å². The maximum atomic E-state index is 4.70. The van der Waals surface area contributed by atoms with E-state index in [0.29, 0.717) is 0 Å². The molecule has 0 saturated carbocycles. The highest BCUT2D eigenvalue weighted by atomic mass is 14.7. The minimum Gasteiger partial charge on any atom is -0.257 e. The van der Waals surface area contributed by atoms with Crippen molar-refractivity contribution >= 4 is 0 Å². The van der Waals surface area contributed by atoms with Crippen LogP contribution in [-0.2, 0) is 6.42 Å². The van der Waals surface area contributed by atoms with Gasteiger partial charge in [-0.05, 0) is 61.6 Å². The van der Waals surface area contributed by atoms with Crippen LogP contribution in [-0.4, -0.2) is 4.98 Å². The smallest absolute Gasteiger partial charge is 0.0531 e. The molecule has 0 N–H and O–H groups in total. The van der Waals surface area contributed by atoms with E-state index in [-0.39, 0.29) is 0 Å². The molecule has 1 aromatic carbocycles. The summed E-state index contributed by atoms with van der Waals surface area (Å²) in [6.07, 6.45) is 0.994. The third-order valence-electron chi connectivity index (χ3n) is 3.85. The molecule has 0 spiro atoms. The average Bonchev–Trinajstić information content (AvgIpc) is 2.62. The Morgan fingerprint density at radius 2 is 1.71 bits per heavy atom. The molecule has 1 heteroatoms. The summed E-state index contributed by atoms with van der Waals surface area (Å²) in [6.45, 7) is 8.69. The summed E-state index contributed by atoms with van der Waals surface area (Å²) in [5, 5.41) is 0. The molecule has 2 aromatic rings. The van der Waals surface area contributed by atoms with Crippen molar-refractivity contribution in [2.24, 2.45) is 0 Å².